The fourth-order valence-electron chi connectivity index (χ4n) is 12.5. The van der Waals surface area contributed by atoms with Gasteiger partial charge >= 0.3 is 0 Å². The standard InChI is InChI=1S/C71H72N4O/c1-10-70(11-2,51-28-19-15-20-29-51)54-40-41-72-67(46-54)75-63-39-36-53(68(5,6)7)45-62(63)61-38-37-60(48-66(61)75)76-59-33-25-32-57(47-59)73-49-74(65-35-24-23-34-64(65)73)58-43-55(69(8,9)50-26-17-14-18-27-50)42-56(44-58)71(12-3,13-4)52-30-21-16-22-31-52/h14-48H,10-13,49H2,1-9H3. The second-order valence-corrected chi connectivity index (χ2v) is 22.6. The van der Waals surface area contributed by atoms with Crippen LogP contribution >= 0.6 is 0 Å². The average molecular weight is 997 g/mol. The van der Waals surface area contributed by atoms with Crippen LogP contribution in [0.1, 0.15) is 127 Å². The highest BCUT2D eigenvalue weighted by atomic mass is 16.5. The van der Waals surface area contributed by atoms with E-state index in [4.69, 9.17) is 9.72 Å². The summed E-state index contributed by atoms with van der Waals surface area (Å²) in [6.07, 6.45) is 5.93. The van der Waals surface area contributed by atoms with Crippen LogP contribution in [0.2, 0.25) is 0 Å². The largest absolute Gasteiger partial charge is 0.457 e. The molecule has 0 amide bonds. The molecule has 0 saturated carbocycles. The molecule has 0 N–H and O–H groups in total. The first-order chi connectivity index (χ1) is 36.8. The van der Waals surface area contributed by atoms with Gasteiger partial charge in [0.05, 0.1) is 22.4 Å². The lowest BCUT2D eigenvalue weighted by molar-refractivity contribution is 0.476. The summed E-state index contributed by atoms with van der Waals surface area (Å²) in [6, 6.07) is 75.9. The van der Waals surface area contributed by atoms with Gasteiger partial charge in [0.25, 0.3) is 0 Å². The van der Waals surface area contributed by atoms with Crippen LogP contribution < -0.4 is 14.5 Å². The van der Waals surface area contributed by atoms with E-state index in [0.29, 0.717) is 6.67 Å². The van der Waals surface area contributed by atoms with Crippen LogP contribution in [0.15, 0.2) is 212 Å². The Morgan fingerprint density at radius 2 is 0.974 bits per heavy atom. The normalized spacial score (nSPS) is 13.2. The number of pyridine rings is 1. The van der Waals surface area contributed by atoms with Gasteiger partial charge in [-0.2, -0.15) is 0 Å². The van der Waals surface area contributed by atoms with Crippen molar-refractivity contribution < 1.29 is 4.74 Å². The fraction of sp³-hybridized carbons (Fsp3) is 0.254. The minimum atomic E-state index is -0.244. The van der Waals surface area contributed by atoms with Crippen LogP contribution in [0, 0.1) is 0 Å². The molecule has 0 atom stereocenters. The molecule has 5 heteroatoms. The second-order valence-electron chi connectivity index (χ2n) is 22.6. The molecular formula is C71H72N4O. The fourth-order valence-corrected chi connectivity index (χ4v) is 12.5. The molecule has 0 unspecified atom stereocenters. The predicted molar refractivity (Wildman–Crippen MR) is 320 cm³/mol. The maximum absolute atomic E-state index is 6.96. The van der Waals surface area contributed by atoms with Crippen molar-refractivity contribution in [3.8, 4) is 17.3 Å². The molecule has 1 aliphatic rings. The van der Waals surface area contributed by atoms with Crippen molar-refractivity contribution in [2.75, 3.05) is 16.5 Å². The van der Waals surface area contributed by atoms with Crippen molar-refractivity contribution in [1.82, 2.24) is 9.55 Å². The van der Waals surface area contributed by atoms with Gasteiger partial charge < -0.3 is 14.5 Å². The van der Waals surface area contributed by atoms with E-state index in [-0.39, 0.29) is 21.7 Å². The Morgan fingerprint density at radius 3 is 1.59 bits per heavy atom. The Bertz CT molecular complexity index is 3670. The maximum atomic E-state index is 6.96. The third kappa shape index (κ3) is 8.74. The van der Waals surface area contributed by atoms with Gasteiger partial charge in [0.15, 0.2) is 0 Å². The Kier molecular flexibility index (Phi) is 13.2. The highest BCUT2D eigenvalue weighted by Crippen LogP contribution is 2.49. The van der Waals surface area contributed by atoms with E-state index in [9.17, 15) is 0 Å². The molecule has 382 valence electrons. The van der Waals surface area contributed by atoms with Crippen LogP contribution in [-0.4, -0.2) is 16.2 Å². The highest BCUT2D eigenvalue weighted by molar-refractivity contribution is 6.10. The summed E-state index contributed by atoms with van der Waals surface area (Å²) in [4.78, 5) is 10.1. The molecule has 0 spiro atoms. The Morgan fingerprint density at radius 1 is 0.408 bits per heavy atom. The summed E-state index contributed by atoms with van der Waals surface area (Å²) >= 11 is 0. The Hall–Kier alpha value is -7.89. The van der Waals surface area contributed by atoms with Crippen molar-refractivity contribution >= 4 is 44.6 Å². The molecule has 8 aromatic carbocycles. The van der Waals surface area contributed by atoms with Crippen molar-refractivity contribution in [3.05, 3.63) is 251 Å². The first-order valence-electron chi connectivity index (χ1n) is 27.6. The van der Waals surface area contributed by atoms with Gasteiger partial charge in [-0.05, 0) is 143 Å². The lowest BCUT2D eigenvalue weighted by atomic mass is 9.68. The van der Waals surface area contributed by atoms with Gasteiger partial charge in [0, 0.05) is 56.7 Å². The number of benzene rings is 8. The molecule has 1 aliphatic heterocycles. The zero-order chi connectivity index (χ0) is 52.8. The molecule has 11 rings (SSSR count). The maximum Gasteiger partial charge on any atom is 0.137 e. The molecule has 10 aromatic rings. The first-order valence-corrected chi connectivity index (χ1v) is 27.6. The van der Waals surface area contributed by atoms with Crippen molar-refractivity contribution in [2.24, 2.45) is 0 Å². The number of ether oxygens (including phenoxy) is 1. The summed E-state index contributed by atoms with van der Waals surface area (Å²) in [5, 5.41) is 2.37. The van der Waals surface area contributed by atoms with Crippen LogP contribution in [0.4, 0.5) is 22.7 Å². The van der Waals surface area contributed by atoms with Gasteiger partial charge in [-0.1, -0.05) is 184 Å². The molecular weight excluding hydrogens is 925 g/mol. The molecule has 5 nitrogen and oxygen atoms in total. The SMILES string of the molecule is CCC(CC)(c1ccccc1)c1cc(N2CN(c3cccc(Oc4ccc5c6cc(C(C)(C)C)ccc6n(-c6cc(C(CC)(CC)c7ccccc7)ccn6)c5c4)c3)c3ccccc32)cc(C(C)(C)c2ccccc2)c1. The third-order valence-corrected chi connectivity index (χ3v) is 17.3. The van der Waals surface area contributed by atoms with Crippen LogP contribution in [0.25, 0.3) is 27.6 Å². The number of nitrogens with zero attached hydrogens (tertiary/aromatic N) is 4. The van der Waals surface area contributed by atoms with Crippen molar-refractivity contribution in [3.63, 3.8) is 0 Å². The lowest BCUT2D eigenvalue weighted by Crippen LogP contribution is -2.29. The molecule has 3 heterocycles. The summed E-state index contributed by atoms with van der Waals surface area (Å²) < 4.78 is 9.30. The number of hydrogen-bond acceptors (Lipinski definition) is 4. The van der Waals surface area contributed by atoms with Gasteiger partial charge in [0.2, 0.25) is 0 Å². The number of hydrogen-bond donors (Lipinski definition) is 0. The number of anilines is 4. The quantitative estimate of drug-likeness (QED) is 0.102. The summed E-state index contributed by atoms with van der Waals surface area (Å²) in [5.41, 5.74) is 15.4. The summed E-state index contributed by atoms with van der Waals surface area (Å²) in [6.45, 7) is 21.5. The third-order valence-electron chi connectivity index (χ3n) is 17.3. The lowest BCUT2D eigenvalue weighted by Gasteiger charge is -2.37. The average Bonchev–Trinajstić information content (AvgIpc) is 4.01. The van der Waals surface area contributed by atoms with Gasteiger partial charge in [-0.15, -0.1) is 0 Å². The minimum absolute atomic E-state index is 0.0100. The Balaban J connectivity index is 0.980. The van der Waals surface area contributed by atoms with Crippen molar-refractivity contribution in [1.29, 1.82) is 0 Å². The van der Waals surface area contributed by atoms with Gasteiger partial charge in [-0.25, -0.2) is 4.98 Å². The number of rotatable bonds is 15. The molecule has 0 aliphatic carbocycles. The summed E-state index contributed by atoms with van der Waals surface area (Å²) in [5.74, 6) is 2.44. The number of fused-ring (bicyclic) bond motifs is 4. The molecule has 0 radical (unpaired) electrons. The van der Waals surface area contributed by atoms with E-state index >= 15 is 0 Å². The second kappa shape index (κ2) is 20.0. The summed E-state index contributed by atoms with van der Waals surface area (Å²) in [7, 11) is 0. The van der Waals surface area contributed by atoms with E-state index in [0.717, 1.165) is 65.4 Å². The zero-order valence-corrected chi connectivity index (χ0v) is 45.9. The smallest absolute Gasteiger partial charge is 0.137 e. The molecule has 0 saturated heterocycles. The Labute approximate surface area is 451 Å². The zero-order valence-electron chi connectivity index (χ0n) is 45.9. The molecule has 76 heavy (non-hydrogen) atoms. The van der Waals surface area contributed by atoms with E-state index < -0.39 is 0 Å². The minimum Gasteiger partial charge on any atom is -0.457 e. The predicted octanol–water partition coefficient (Wildman–Crippen LogP) is 19.1. The van der Waals surface area contributed by atoms with E-state index in [2.05, 4.69) is 283 Å². The molecule has 2 aromatic heterocycles. The monoisotopic (exact) mass is 997 g/mol. The van der Waals surface area contributed by atoms with E-state index in [1.165, 1.54) is 61.1 Å². The number of para-hydroxylation sites is 2. The van der Waals surface area contributed by atoms with Gasteiger partial charge in [-0.3, -0.25) is 4.57 Å². The van der Waals surface area contributed by atoms with Crippen molar-refractivity contribution in [2.45, 2.75) is 110 Å². The van der Waals surface area contributed by atoms with E-state index in [1.54, 1.807) is 0 Å². The van der Waals surface area contributed by atoms with Gasteiger partial charge in [0.1, 0.15) is 24.0 Å². The van der Waals surface area contributed by atoms with Crippen LogP contribution in [-0.2, 0) is 21.7 Å². The molecule has 0 fully saturated rings. The molecule has 0 bridgehead atoms. The topological polar surface area (TPSA) is 33.5 Å². The van der Waals surface area contributed by atoms with E-state index in [1.807, 2.05) is 6.20 Å². The highest BCUT2D eigenvalue weighted by Gasteiger charge is 2.36. The number of aromatic nitrogens is 2. The van der Waals surface area contributed by atoms with Crippen LogP contribution in [0.3, 0.4) is 0 Å². The van der Waals surface area contributed by atoms with Crippen LogP contribution in [0.5, 0.6) is 11.5 Å². The first kappa shape index (κ1) is 50.3.